The zero-order valence-corrected chi connectivity index (χ0v) is 10.3. The summed E-state index contributed by atoms with van der Waals surface area (Å²) in [6.07, 6.45) is 1.26. The molecule has 0 atom stereocenters. The van der Waals surface area contributed by atoms with Gasteiger partial charge in [0.25, 0.3) is 5.56 Å². The Bertz CT molecular complexity index is 407. The molecule has 0 saturated heterocycles. The molecule has 4 nitrogen and oxygen atoms in total. The van der Waals surface area contributed by atoms with Gasteiger partial charge in [0.05, 0.1) is 5.54 Å². The molecule has 1 aromatic rings. The van der Waals surface area contributed by atoms with Crippen LogP contribution in [0.4, 0.5) is 0 Å². The van der Waals surface area contributed by atoms with Gasteiger partial charge in [-0.15, -0.1) is 0 Å². The summed E-state index contributed by atoms with van der Waals surface area (Å²) >= 11 is 0. The molecule has 0 aliphatic rings. The average molecular weight is 209 g/mol. The van der Waals surface area contributed by atoms with Crippen LogP contribution in [0.5, 0.6) is 0 Å². The van der Waals surface area contributed by atoms with Crippen LogP contribution in [0.15, 0.2) is 11.0 Å². The highest BCUT2D eigenvalue weighted by molar-refractivity contribution is 5.03. The third-order valence-corrected chi connectivity index (χ3v) is 2.01. The average Bonchev–Trinajstić information content (AvgIpc) is 2.00. The Kier molecular flexibility index (Phi) is 2.72. The quantitative estimate of drug-likeness (QED) is 0.653. The molecule has 0 spiro atoms. The summed E-state index contributed by atoms with van der Waals surface area (Å²) in [5.74, 6) is 0.725. The lowest BCUT2D eigenvalue weighted by atomic mass is 9.94. The highest BCUT2D eigenvalue weighted by Gasteiger charge is 2.26. The van der Waals surface area contributed by atoms with Crippen LogP contribution in [0.1, 0.15) is 47.4 Å². The number of hydrogen-bond acceptors (Lipinski definition) is 3. The van der Waals surface area contributed by atoms with Gasteiger partial charge in [-0.1, -0.05) is 20.8 Å². The lowest BCUT2D eigenvalue weighted by Gasteiger charge is -2.29. The second-order valence-electron chi connectivity index (χ2n) is 5.75. The molecule has 0 N–H and O–H groups in total. The zero-order valence-electron chi connectivity index (χ0n) is 10.3. The van der Waals surface area contributed by atoms with Gasteiger partial charge in [0.1, 0.15) is 12.0 Å². The molecule has 0 aliphatic heterocycles. The summed E-state index contributed by atoms with van der Waals surface area (Å²) in [7, 11) is 0. The minimum atomic E-state index is -0.277. The van der Waals surface area contributed by atoms with E-state index in [1.54, 1.807) is 0 Å². The van der Waals surface area contributed by atoms with Gasteiger partial charge in [0.15, 0.2) is 0 Å². The van der Waals surface area contributed by atoms with Crippen LogP contribution in [0.2, 0.25) is 0 Å². The molecule has 0 saturated carbocycles. The largest absolute Gasteiger partial charge is 0.291 e. The highest BCUT2D eigenvalue weighted by Crippen LogP contribution is 2.23. The van der Waals surface area contributed by atoms with E-state index in [0.717, 1.165) is 5.82 Å². The van der Waals surface area contributed by atoms with Crippen molar-refractivity contribution in [1.82, 2.24) is 14.8 Å². The fourth-order valence-electron chi connectivity index (χ4n) is 1.32. The van der Waals surface area contributed by atoms with Crippen LogP contribution in [0.3, 0.4) is 0 Å². The van der Waals surface area contributed by atoms with Gasteiger partial charge in [-0.3, -0.25) is 4.79 Å². The molecule has 1 heterocycles. The summed E-state index contributed by atoms with van der Waals surface area (Å²) < 4.78 is 1.81. The van der Waals surface area contributed by atoms with Gasteiger partial charge in [-0.2, -0.15) is 10.1 Å². The standard InChI is InChI=1S/C11H19N3O/c1-10(2,3)9-13-8(15)7-12-14(9)11(4,5)6/h7H,1-6H3. The van der Waals surface area contributed by atoms with Crippen LogP contribution in [0.25, 0.3) is 0 Å². The van der Waals surface area contributed by atoms with Gasteiger partial charge >= 0.3 is 0 Å². The van der Waals surface area contributed by atoms with E-state index in [4.69, 9.17) is 0 Å². The zero-order chi connectivity index (χ0) is 11.9. The first kappa shape index (κ1) is 11.9. The van der Waals surface area contributed by atoms with Crippen molar-refractivity contribution in [3.05, 3.63) is 22.4 Å². The third-order valence-electron chi connectivity index (χ3n) is 2.01. The topological polar surface area (TPSA) is 47.8 Å². The monoisotopic (exact) mass is 209 g/mol. The van der Waals surface area contributed by atoms with Crippen molar-refractivity contribution in [1.29, 1.82) is 0 Å². The van der Waals surface area contributed by atoms with Crippen molar-refractivity contribution in [3.63, 3.8) is 0 Å². The molecule has 0 amide bonds. The molecule has 84 valence electrons. The minimum Gasteiger partial charge on any atom is -0.266 e. The van der Waals surface area contributed by atoms with E-state index in [0.29, 0.717) is 0 Å². The van der Waals surface area contributed by atoms with Crippen molar-refractivity contribution < 1.29 is 0 Å². The maximum absolute atomic E-state index is 11.2. The van der Waals surface area contributed by atoms with Crippen LogP contribution < -0.4 is 5.56 Å². The third kappa shape index (κ3) is 2.64. The number of rotatable bonds is 0. The van der Waals surface area contributed by atoms with E-state index in [1.165, 1.54) is 6.20 Å². The summed E-state index contributed by atoms with van der Waals surface area (Å²) in [5.41, 5.74) is -0.621. The molecule has 0 aromatic carbocycles. The lowest BCUT2D eigenvalue weighted by molar-refractivity contribution is 0.301. The number of nitrogens with zero attached hydrogens (tertiary/aromatic N) is 3. The Balaban J connectivity index is 3.48. The minimum absolute atomic E-state index is 0.163. The van der Waals surface area contributed by atoms with Crippen LogP contribution in [-0.4, -0.2) is 14.8 Å². The molecule has 0 fully saturated rings. The predicted octanol–water partition coefficient (Wildman–Crippen LogP) is 1.69. The first-order chi connectivity index (χ1) is 6.62. The molecule has 0 unspecified atom stereocenters. The van der Waals surface area contributed by atoms with Crippen LogP contribution in [-0.2, 0) is 11.0 Å². The van der Waals surface area contributed by atoms with Gasteiger partial charge in [-0.25, -0.2) is 4.68 Å². The fourth-order valence-corrected chi connectivity index (χ4v) is 1.32. The Morgan fingerprint density at radius 3 is 2.07 bits per heavy atom. The van der Waals surface area contributed by atoms with E-state index in [1.807, 2.05) is 46.2 Å². The fraction of sp³-hybridized carbons (Fsp3) is 0.727. The highest BCUT2D eigenvalue weighted by atomic mass is 16.1. The molecule has 0 radical (unpaired) electrons. The van der Waals surface area contributed by atoms with Gasteiger partial charge < -0.3 is 0 Å². The van der Waals surface area contributed by atoms with E-state index in [2.05, 4.69) is 10.1 Å². The van der Waals surface area contributed by atoms with Gasteiger partial charge in [0.2, 0.25) is 0 Å². The van der Waals surface area contributed by atoms with E-state index >= 15 is 0 Å². The first-order valence-corrected chi connectivity index (χ1v) is 5.10. The molecule has 4 heteroatoms. The number of hydrogen-bond donors (Lipinski definition) is 0. The Labute approximate surface area is 90.3 Å². The van der Waals surface area contributed by atoms with E-state index < -0.39 is 0 Å². The van der Waals surface area contributed by atoms with E-state index in [-0.39, 0.29) is 16.5 Å². The Morgan fingerprint density at radius 1 is 1.13 bits per heavy atom. The molecule has 1 rings (SSSR count). The van der Waals surface area contributed by atoms with Crippen molar-refractivity contribution in [2.24, 2.45) is 0 Å². The first-order valence-electron chi connectivity index (χ1n) is 5.10. The summed E-state index contributed by atoms with van der Waals surface area (Å²) in [5, 5.41) is 4.16. The van der Waals surface area contributed by atoms with Crippen LogP contribution >= 0.6 is 0 Å². The second-order valence-corrected chi connectivity index (χ2v) is 5.75. The molecule has 0 bridgehead atoms. The van der Waals surface area contributed by atoms with Crippen LogP contribution in [0, 0.1) is 0 Å². The lowest BCUT2D eigenvalue weighted by Crippen LogP contribution is -2.36. The summed E-state index contributed by atoms with van der Waals surface area (Å²) in [4.78, 5) is 15.3. The van der Waals surface area contributed by atoms with Crippen molar-refractivity contribution in [2.75, 3.05) is 0 Å². The van der Waals surface area contributed by atoms with Crippen molar-refractivity contribution in [3.8, 4) is 0 Å². The molecule has 1 aromatic heterocycles. The van der Waals surface area contributed by atoms with Crippen molar-refractivity contribution in [2.45, 2.75) is 52.5 Å². The molecular weight excluding hydrogens is 190 g/mol. The maximum Gasteiger partial charge on any atom is 0.291 e. The second kappa shape index (κ2) is 3.43. The molecule has 15 heavy (non-hydrogen) atoms. The number of aromatic nitrogens is 3. The Morgan fingerprint density at radius 2 is 1.67 bits per heavy atom. The summed E-state index contributed by atoms with van der Waals surface area (Å²) in [6.45, 7) is 12.2. The Hall–Kier alpha value is -1.19. The van der Waals surface area contributed by atoms with E-state index in [9.17, 15) is 4.79 Å². The van der Waals surface area contributed by atoms with Gasteiger partial charge in [0, 0.05) is 5.41 Å². The maximum atomic E-state index is 11.2. The van der Waals surface area contributed by atoms with Crippen molar-refractivity contribution >= 4 is 0 Å². The summed E-state index contributed by atoms with van der Waals surface area (Å²) in [6, 6.07) is 0. The molecule has 0 aliphatic carbocycles. The normalized spacial score (nSPS) is 12.9. The SMILES string of the molecule is CC(C)(C)c1nc(=O)cnn1C(C)(C)C. The smallest absolute Gasteiger partial charge is 0.266 e. The predicted molar refractivity (Wildman–Crippen MR) is 60.0 cm³/mol. The van der Waals surface area contributed by atoms with Gasteiger partial charge in [-0.05, 0) is 20.8 Å². The molecular formula is C11H19N3O.